The normalized spacial score (nSPS) is 17.1. The molecule has 1 aliphatic heterocycles. The van der Waals surface area contributed by atoms with Crippen LogP contribution in [0.3, 0.4) is 0 Å². The predicted molar refractivity (Wildman–Crippen MR) is 182 cm³/mol. The molecule has 48 heavy (non-hydrogen) atoms. The van der Waals surface area contributed by atoms with Gasteiger partial charge in [0.05, 0.1) is 23.8 Å². The number of sulfone groups is 1. The molecule has 5 rings (SSSR count). The van der Waals surface area contributed by atoms with Gasteiger partial charge in [0.1, 0.15) is 5.75 Å². The van der Waals surface area contributed by atoms with Crippen LogP contribution in [0.1, 0.15) is 41.2 Å². The van der Waals surface area contributed by atoms with Crippen LogP contribution in [-0.4, -0.2) is 56.4 Å². The Kier molecular flexibility index (Phi) is 11.5. The van der Waals surface area contributed by atoms with Gasteiger partial charge in [0, 0.05) is 36.5 Å². The molecule has 2 atom stereocenters. The summed E-state index contributed by atoms with van der Waals surface area (Å²) < 4.78 is 39.4. The van der Waals surface area contributed by atoms with Crippen LogP contribution in [0.4, 0.5) is 0 Å². The van der Waals surface area contributed by atoms with Crippen LogP contribution in [0.5, 0.6) is 5.75 Å². The molecule has 1 amide bonds. The van der Waals surface area contributed by atoms with E-state index < -0.39 is 27.4 Å². The number of carbonyl (C=O) groups is 1. The van der Waals surface area contributed by atoms with Crippen molar-refractivity contribution >= 4 is 21.6 Å². The Labute approximate surface area is 279 Å². The van der Waals surface area contributed by atoms with Gasteiger partial charge in [-0.3, -0.25) is 4.79 Å². The van der Waals surface area contributed by atoms with Gasteiger partial charge in [0.25, 0.3) is 5.91 Å². The number of carbonyl (C=O) groups excluding carboxylic acids is 1. The fourth-order valence-corrected chi connectivity index (χ4v) is 6.93. The molecule has 248 valence electrons. The highest BCUT2D eigenvalue weighted by atomic mass is 32.2. The maximum atomic E-state index is 14.5. The smallest absolute Gasteiger partial charge is 0.252 e. The Morgan fingerprint density at radius 1 is 0.979 bits per heavy atom. The zero-order valence-electron chi connectivity index (χ0n) is 26.3. The van der Waals surface area contributed by atoms with Crippen LogP contribution in [0, 0.1) is 0 Å². The maximum absolute atomic E-state index is 14.5. The van der Waals surface area contributed by atoms with Crippen LogP contribution >= 0.6 is 0 Å². The van der Waals surface area contributed by atoms with Crippen molar-refractivity contribution in [3.63, 3.8) is 0 Å². The third-order valence-corrected chi connectivity index (χ3v) is 9.80. The van der Waals surface area contributed by atoms with E-state index >= 15 is 0 Å². The topological polar surface area (TPSA) is 163 Å². The third-order valence-electron chi connectivity index (χ3n) is 8.07. The molecule has 0 saturated heterocycles. The second-order valence-electron chi connectivity index (χ2n) is 11.3. The molecule has 4 aromatic carbocycles. The Morgan fingerprint density at radius 3 is 2.38 bits per heavy atom. The summed E-state index contributed by atoms with van der Waals surface area (Å²) in [6.45, 7) is 0.643. The second kappa shape index (κ2) is 16.1. The van der Waals surface area contributed by atoms with Gasteiger partial charge in [0.15, 0.2) is 21.5 Å². The van der Waals surface area contributed by atoms with Crippen molar-refractivity contribution < 1.29 is 27.8 Å². The number of nitrogens with one attached hydrogen (secondary N) is 1. The lowest BCUT2D eigenvalue weighted by Gasteiger charge is -2.31. The minimum atomic E-state index is -3.82. The fraction of sp³-hybridized carbons (Fsp3) is 0.278. The molecule has 4 aromatic rings. The summed E-state index contributed by atoms with van der Waals surface area (Å²) in [5, 5.41) is 15.8. The van der Waals surface area contributed by atoms with Crippen LogP contribution < -0.4 is 10.1 Å². The molecular weight excluding hydrogens is 630 g/mol. The molecule has 0 bridgehead atoms. The molecule has 0 saturated carbocycles. The molecule has 0 aromatic heterocycles. The summed E-state index contributed by atoms with van der Waals surface area (Å²) in [6.07, 6.45) is -0.185. The highest BCUT2D eigenvalue weighted by Gasteiger charge is 2.54. The van der Waals surface area contributed by atoms with E-state index in [1.165, 1.54) is 12.1 Å². The van der Waals surface area contributed by atoms with Gasteiger partial charge in [-0.05, 0) is 65.0 Å². The van der Waals surface area contributed by atoms with Crippen molar-refractivity contribution in [1.29, 1.82) is 0 Å². The van der Waals surface area contributed by atoms with Crippen molar-refractivity contribution in [2.45, 2.75) is 42.3 Å². The van der Waals surface area contributed by atoms with Gasteiger partial charge in [0.2, 0.25) is 5.90 Å². The Morgan fingerprint density at radius 2 is 1.67 bits per heavy atom. The average molecular weight is 668 g/mol. The third kappa shape index (κ3) is 8.21. The van der Waals surface area contributed by atoms with Crippen molar-refractivity contribution in [3.8, 4) is 5.75 Å². The van der Waals surface area contributed by atoms with E-state index in [4.69, 9.17) is 25.1 Å². The molecule has 1 heterocycles. The largest absolute Gasteiger partial charge is 0.494 e. The molecular formula is C36H37N5O6S. The van der Waals surface area contributed by atoms with Gasteiger partial charge in [-0.1, -0.05) is 77.9 Å². The summed E-state index contributed by atoms with van der Waals surface area (Å²) >= 11 is 0. The van der Waals surface area contributed by atoms with Crippen molar-refractivity contribution in [3.05, 3.63) is 142 Å². The average Bonchev–Trinajstić information content (AvgIpc) is 3.52. The molecule has 11 nitrogen and oxygen atoms in total. The van der Waals surface area contributed by atoms with Crippen LogP contribution in [0.15, 0.2) is 124 Å². The van der Waals surface area contributed by atoms with Gasteiger partial charge in [-0.15, -0.1) is 0 Å². The molecule has 0 spiro atoms. The minimum absolute atomic E-state index is 0.00420. The van der Waals surface area contributed by atoms with Gasteiger partial charge >= 0.3 is 0 Å². The zero-order valence-corrected chi connectivity index (χ0v) is 27.1. The van der Waals surface area contributed by atoms with E-state index in [0.717, 1.165) is 5.56 Å². The van der Waals surface area contributed by atoms with E-state index in [1.807, 2.05) is 30.3 Å². The lowest BCUT2D eigenvalue weighted by Crippen LogP contribution is -2.50. The quantitative estimate of drug-likeness (QED) is 0.0670. The van der Waals surface area contributed by atoms with Gasteiger partial charge < -0.3 is 19.9 Å². The number of nitrogens with zero attached hydrogens (tertiary/aromatic N) is 4. The standard InChI is InChI=1S/C36H37N5O6S/c37-41-39-26-29-12-7-8-15-32(29)33-36(21-25-48(44,45)31-13-5-2-6-14-31,35(43)38-22-20-27-10-3-1-4-11-27)40-34(47-33)28-16-18-30(19-17-28)46-24-9-23-42/h1-8,10-19,33,42H,9,20-26H2,(H,38,43)/t33-,36-/m1/s1. The molecule has 12 heteroatoms. The number of aliphatic hydroxyl groups excluding tert-OH is 1. The van der Waals surface area contributed by atoms with E-state index in [1.54, 1.807) is 66.7 Å². The van der Waals surface area contributed by atoms with E-state index in [-0.39, 0.29) is 42.7 Å². The van der Waals surface area contributed by atoms with Crippen molar-refractivity contribution in [2.75, 3.05) is 25.5 Å². The summed E-state index contributed by atoms with van der Waals surface area (Å²) in [6, 6.07) is 31.9. The van der Waals surface area contributed by atoms with Crippen LogP contribution in [0.2, 0.25) is 0 Å². The first-order valence-electron chi connectivity index (χ1n) is 15.7. The monoisotopic (exact) mass is 667 g/mol. The second-order valence-corrected chi connectivity index (χ2v) is 13.4. The lowest BCUT2D eigenvalue weighted by atomic mass is 9.83. The molecule has 0 radical (unpaired) electrons. The maximum Gasteiger partial charge on any atom is 0.252 e. The number of aliphatic imine (C=N–C) groups is 1. The molecule has 0 unspecified atom stereocenters. The Balaban J connectivity index is 1.56. The van der Waals surface area contributed by atoms with Crippen molar-refractivity contribution in [1.82, 2.24) is 5.32 Å². The van der Waals surface area contributed by atoms with E-state index in [0.29, 0.717) is 41.9 Å². The highest BCUT2D eigenvalue weighted by molar-refractivity contribution is 7.91. The number of hydrogen-bond donors (Lipinski definition) is 2. The molecule has 2 N–H and O–H groups in total. The summed E-state index contributed by atoms with van der Waals surface area (Å²) in [4.78, 5) is 22.5. The fourth-order valence-electron chi connectivity index (χ4n) is 5.54. The first kappa shape index (κ1) is 34.2. The first-order valence-corrected chi connectivity index (χ1v) is 17.3. The minimum Gasteiger partial charge on any atom is -0.494 e. The predicted octanol–water partition coefficient (Wildman–Crippen LogP) is 5.74. The summed E-state index contributed by atoms with van der Waals surface area (Å²) in [5.74, 6) is -0.114. The number of rotatable bonds is 16. The van der Waals surface area contributed by atoms with E-state index in [9.17, 15) is 13.2 Å². The van der Waals surface area contributed by atoms with Gasteiger partial charge in [-0.25, -0.2) is 13.4 Å². The van der Waals surface area contributed by atoms with Gasteiger partial charge in [-0.2, -0.15) is 0 Å². The first-order chi connectivity index (χ1) is 23.4. The number of ether oxygens (including phenoxy) is 2. The molecule has 1 aliphatic rings. The molecule has 0 aliphatic carbocycles. The summed E-state index contributed by atoms with van der Waals surface area (Å²) in [7, 11) is -3.82. The Bertz CT molecular complexity index is 1860. The van der Waals surface area contributed by atoms with Crippen LogP contribution in [-0.2, 0) is 32.3 Å². The summed E-state index contributed by atoms with van der Waals surface area (Å²) in [5.41, 5.74) is 10.2. The van der Waals surface area contributed by atoms with Crippen LogP contribution in [0.25, 0.3) is 10.4 Å². The number of azide groups is 1. The Hall–Kier alpha value is -5.16. The number of aliphatic hydroxyl groups is 1. The van der Waals surface area contributed by atoms with E-state index in [2.05, 4.69) is 15.3 Å². The number of amides is 1. The number of benzene rings is 4. The SMILES string of the molecule is [N-]=[N+]=NCc1ccccc1[C@H]1OC(c2ccc(OCCCO)cc2)=N[C@@]1(CCS(=O)(=O)c1ccccc1)C(=O)NCCc1ccccc1. The van der Waals surface area contributed by atoms with Crippen molar-refractivity contribution in [2.24, 2.45) is 10.1 Å². The molecule has 0 fully saturated rings. The number of hydrogen-bond acceptors (Lipinski definition) is 8. The lowest BCUT2D eigenvalue weighted by molar-refractivity contribution is -0.129. The zero-order chi connectivity index (χ0) is 33.8. The highest BCUT2D eigenvalue weighted by Crippen LogP contribution is 2.44.